The molecule has 1 aliphatic rings. The van der Waals surface area contributed by atoms with Crippen molar-refractivity contribution in [3.63, 3.8) is 0 Å². The van der Waals surface area contributed by atoms with Gasteiger partial charge in [-0.3, -0.25) is 10.1 Å². The van der Waals surface area contributed by atoms with Crippen molar-refractivity contribution in [1.29, 1.82) is 0 Å². The van der Waals surface area contributed by atoms with E-state index in [0.29, 0.717) is 25.8 Å². The van der Waals surface area contributed by atoms with Gasteiger partial charge in [-0.05, 0) is 32.3 Å². The molecule has 1 aromatic carbocycles. The average molecular weight is 314 g/mol. The lowest BCUT2D eigenvalue weighted by atomic mass is 9.98. The van der Waals surface area contributed by atoms with E-state index in [1.807, 2.05) is 0 Å². The molecule has 0 saturated carbocycles. The molecular formula is C13H18N2O5S. The number of rotatable bonds is 3. The Balaban J connectivity index is 2.29. The molecule has 7 nitrogen and oxygen atoms in total. The average Bonchev–Trinajstić information content (AvgIpc) is 2.60. The Kier molecular flexibility index (Phi) is 4.31. The third-order valence-corrected chi connectivity index (χ3v) is 5.58. The van der Waals surface area contributed by atoms with Gasteiger partial charge in [0.25, 0.3) is 5.69 Å². The standard InChI is InChI=1S/C13H18N2O5S/c1-13(16)6-3-8-14(9-7-13)21(19,20)12-5-2-4-11(10-12)15(17)18/h2,4-5,10,16H,3,6-9H2,1H3. The smallest absolute Gasteiger partial charge is 0.270 e. The van der Waals surface area contributed by atoms with E-state index in [2.05, 4.69) is 0 Å². The molecule has 0 bridgehead atoms. The number of non-ortho nitro benzene ring substituents is 1. The minimum atomic E-state index is -3.77. The number of nitro benzene ring substituents is 1. The minimum Gasteiger partial charge on any atom is -0.390 e. The first-order valence-electron chi connectivity index (χ1n) is 6.69. The molecule has 1 unspecified atom stereocenters. The zero-order valence-electron chi connectivity index (χ0n) is 11.7. The fourth-order valence-electron chi connectivity index (χ4n) is 2.39. The molecule has 0 aliphatic carbocycles. The topological polar surface area (TPSA) is 101 Å². The van der Waals surface area contributed by atoms with Crippen molar-refractivity contribution in [3.8, 4) is 0 Å². The largest absolute Gasteiger partial charge is 0.390 e. The second kappa shape index (κ2) is 5.70. The zero-order valence-corrected chi connectivity index (χ0v) is 12.5. The van der Waals surface area contributed by atoms with Crippen LogP contribution in [0.5, 0.6) is 0 Å². The SMILES string of the molecule is CC1(O)CCCN(S(=O)(=O)c2cccc([N+](=O)[O-])c2)CC1. The van der Waals surface area contributed by atoms with Crippen LogP contribution in [-0.4, -0.2) is 41.4 Å². The lowest BCUT2D eigenvalue weighted by Crippen LogP contribution is -2.33. The maximum Gasteiger partial charge on any atom is 0.270 e. The van der Waals surface area contributed by atoms with E-state index in [0.717, 1.165) is 6.07 Å². The van der Waals surface area contributed by atoms with Crippen LogP contribution in [0.3, 0.4) is 0 Å². The minimum absolute atomic E-state index is 0.0850. The van der Waals surface area contributed by atoms with E-state index in [1.54, 1.807) is 6.92 Å². The second-order valence-corrected chi connectivity index (χ2v) is 7.45. The quantitative estimate of drug-likeness (QED) is 0.673. The molecule has 8 heteroatoms. The summed E-state index contributed by atoms with van der Waals surface area (Å²) in [5, 5.41) is 20.8. The number of hydrogen-bond acceptors (Lipinski definition) is 5. The molecule has 2 rings (SSSR count). The van der Waals surface area contributed by atoms with Crippen molar-refractivity contribution < 1.29 is 18.4 Å². The van der Waals surface area contributed by atoms with E-state index in [4.69, 9.17) is 0 Å². The van der Waals surface area contributed by atoms with Crippen molar-refractivity contribution in [2.45, 2.75) is 36.7 Å². The summed E-state index contributed by atoms with van der Waals surface area (Å²) in [5.41, 5.74) is -1.12. The Morgan fingerprint density at radius 2 is 2.05 bits per heavy atom. The molecule has 1 aliphatic heterocycles. The van der Waals surface area contributed by atoms with Crippen LogP contribution >= 0.6 is 0 Å². The van der Waals surface area contributed by atoms with Crippen molar-refractivity contribution in [2.24, 2.45) is 0 Å². The van der Waals surface area contributed by atoms with E-state index >= 15 is 0 Å². The number of hydrogen-bond donors (Lipinski definition) is 1. The van der Waals surface area contributed by atoms with Crippen molar-refractivity contribution in [2.75, 3.05) is 13.1 Å². The van der Waals surface area contributed by atoms with E-state index in [9.17, 15) is 23.6 Å². The van der Waals surface area contributed by atoms with Gasteiger partial charge in [-0.15, -0.1) is 0 Å². The highest BCUT2D eigenvalue weighted by molar-refractivity contribution is 7.89. The van der Waals surface area contributed by atoms with Gasteiger partial charge in [-0.25, -0.2) is 8.42 Å². The van der Waals surface area contributed by atoms with E-state index in [1.165, 1.54) is 22.5 Å². The lowest BCUT2D eigenvalue weighted by Gasteiger charge is -2.22. The van der Waals surface area contributed by atoms with E-state index < -0.39 is 20.5 Å². The summed E-state index contributed by atoms with van der Waals surface area (Å²) < 4.78 is 26.4. The summed E-state index contributed by atoms with van der Waals surface area (Å²) in [6, 6.07) is 5.04. The molecule has 116 valence electrons. The van der Waals surface area contributed by atoms with Crippen molar-refractivity contribution >= 4 is 15.7 Å². The van der Waals surface area contributed by atoms with Gasteiger partial charge in [-0.1, -0.05) is 6.07 Å². The lowest BCUT2D eigenvalue weighted by molar-refractivity contribution is -0.385. The molecule has 0 aromatic heterocycles. The Morgan fingerprint density at radius 1 is 1.33 bits per heavy atom. The third-order valence-electron chi connectivity index (χ3n) is 3.69. The first kappa shape index (κ1) is 15.9. The van der Waals surface area contributed by atoms with Gasteiger partial charge in [0.1, 0.15) is 0 Å². The summed E-state index contributed by atoms with van der Waals surface area (Å²) in [4.78, 5) is 10.1. The second-order valence-electron chi connectivity index (χ2n) is 5.51. The molecule has 1 aromatic rings. The first-order chi connectivity index (χ1) is 9.72. The molecule has 1 saturated heterocycles. The normalized spacial score (nSPS) is 24.5. The molecule has 0 radical (unpaired) electrons. The van der Waals surface area contributed by atoms with Gasteiger partial charge in [0.05, 0.1) is 15.4 Å². The van der Waals surface area contributed by atoms with Crippen molar-refractivity contribution in [3.05, 3.63) is 34.4 Å². The van der Waals surface area contributed by atoms with Crippen molar-refractivity contribution in [1.82, 2.24) is 4.31 Å². The highest BCUT2D eigenvalue weighted by Gasteiger charge is 2.32. The van der Waals surface area contributed by atoms with Crippen LogP contribution in [-0.2, 0) is 10.0 Å². The molecule has 0 spiro atoms. The van der Waals surface area contributed by atoms with Gasteiger partial charge in [-0.2, -0.15) is 4.31 Å². The monoisotopic (exact) mass is 314 g/mol. The Bertz CT molecular complexity index is 642. The Morgan fingerprint density at radius 3 is 2.71 bits per heavy atom. The van der Waals surface area contributed by atoms with Crippen LogP contribution in [0.25, 0.3) is 0 Å². The van der Waals surface area contributed by atoms with Gasteiger partial charge < -0.3 is 5.11 Å². The molecular weight excluding hydrogens is 296 g/mol. The molecule has 1 N–H and O–H groups in total. The summed E-state index contributed by atoms with van der Waals surface area (Å²) in [6.45, 7) is 2.20. The Labute approximate surface area is 123 Å². The summed E-state index contributed by atoms with van der Waals surface area (Å²) in [7, 11) is -3.77. The molecule has 21 heavy (non-hydrogen) atoms. The van der Waals surface area contributed by atoms with Crippen LogP contribution < -0.4 is 0 Å². The van der Waals surface area contributed by atoms with Gasteiger partial charge in [0.2, 0.25) is 10.0 Å². The number of sulfonamides is 1. The molecule has 1 heterocycles. The van der Waals surface area contributed by atoms with Crippen LogP contribution in [0.15, 0.2) is 29.2 Å². The third kappa shape index (κ3) is 3.58. The van der Waals surface area contributed by atoms with Gasteiger partial charge in [0, 0.05) is 25.2 Å². The van der Waals surface area contributed by atoms with Gasteiger partial charge in [0.15, 0.2) is 0 Å². The Hall–Kier alpha value is -1.51. The van der Waals surface area contributed by atoms with Crippen LogP contribution in [0.1, 0.15) is 26.2 Å². The van der Waals surface area contributed by atoms with Crippen LogP contribution in [0.4, 0.5) is 5.69 Å². The summed E-state index contributed by atoms with van der Waals surface area (Å²) in [6.07, 6.45) is 1.44. The maximum atomic E-state index is 12.5. The number of aliphatic hydroxyl groups is 1. The summed E-state index contributed by atoms with van der Waals surface area (Å²) in [5.74, 6) is 0. The molecule has 1 atom stereocenters. The molecule has 1 fully saturated rings. The summed E-state index contributed by atoms with van der Waals surface area (Å²) >= 11 is 0. The number of benzene rings is 1. The number of nitro groups is 1. The zero-order chi connectivity index (χ0) is 15.7. The maximum absolute atomic E-state index is 12.5. The molecule has 0 amide bonds. The fourth-order valence-corrected chi connectivity index (χ4v) is 3.91. The fraction of sp³-hybridized carbons (Fsp3) is 0.538. The first-order valence-corrected chi connectivity index (χ1v) is 8.13. The predicted octanol–water partition coefficient (Wildman–Crippen LogP) is 1.52. The van der Waals surface area contributed by atoms with Gasteiger partial charge >= 0.3 is 0 Å². The highest BCUT2D eigenvalue weighted by atomic mass is 32.2. The predicted molar refractivity (Wildman–Crippen MR) is 76.3 cm³/mol. The highest BCUT2D eigenvalue weighted by Crippen LogP contribution is 2.26. The van der Waals surface area contributed by atoms with E-state index in [-0.39, 0.29) is 17.1 Å². The number of nitrogens with zero attached hydrogens (tertiary/aromatic N) is 2. The van der Waals surface area contributed by atoms with Crippen LogP contribution in [0.2, 0.25) is 0 Å². The van der Waals surface area contributed by atoms with Crippen LogP contribution in [0, 0.1) is 10.1 Å².